The van der Waals surface area contributed by atoms with Gasteiger partial charge in [0.1, 0.15) is 0 Å². The van der Waals surface area contributed by atoms with E-state index in [9.17, 15) is 18.3 Å². The lowest BCUT2D eigenvalue weighted by Gasteiger charge is -2.37. The summed E-state index contributed by atoms with van der Waals surface area (Å²) in [5, 5.41) is 10.3. The topological polar surface area (TPSA) is 23.5 Å². The van der Waals surface area contributed by atoms with E-state index >= 15 is 0 Å². The largest absolute Gasteiger partial charge is 0.401 e. The molecule has 2 aliphatic rings. The lowest BCUT2D eigenvalue weighted by molar-refractivity contribution is -0.155. The van der Waals surface area contributed by atoms with Crippen LogP contribution in [0.15, 0.2) is 0 Å². The summed E-state index contributed by atoms with van der Waals surface area (Å²) in [4.78, 5) is 1.44. The normalized spacial score (nSPS) is 25.2. The maximum Gasteiger partial charge on any atom is 0.401 e. The number of hydrogen-bond acceptors (Lipinski definition) is 2. The van der Waals surface area contributed by atoms with E-state index in [4.69, 9.17) is 0 Å². The fourth-order valence-corrected chi connectivity index (χ4v) is 2.73. The van der Waals surface area contributed by atoms with Crippen LogP contribution in [0, 0.1) is 0 Å². The summed E-state index contributed by atoms with van der Waals surface area (Å²) in [6.07, 6.45) is 1.77. The molecule has 0 spiro atoms. The second-order valence-electron chi connectivity index (χ2n) is 5.54. The van der Waals surface area contributed by atoms with Gasteiger partial charge in [-0.3, -0.25) is 4.90 Å². The van der Waals surface area contributed by atoms with E-state index in [2.05, 4.69) is 0 Å². The molecule has 0 bridgehead atoms. The van der Waals surface area contributed by atoms with Gasteiger partial charge in [-0.05, 0) is 25.7 Å². The van der Waals surface area contributed by atoms with Gasteiger partial charge in [-0.15, -0.1) is 0 Å². The lowest BCUT2D eigenvalue weighted by Crippen LogP contribution is -2.48. The molecule has 0 radical (unpaired) electrons. The van der Waals surface area contributed by atoms with Gasteiger partial charge in [-0.25, -0.2) is 0 Å². The summed E-state index contributed by atoms with van der Waals surface area (Å²) in [6.45, 7) is -0.683. The molecule has 0 aromatic carbocycles. The van der Waals surface area contributed by atoms with Crippen molar-refractivity contribution in [1.82, 2.24) is 4.90 Å². The predicted octanol–water partition coefficient (Wildman–Crippen LogP) is 2.71. The molecule has 17 heavy (non-hydrogen) atoms. The molecule has 2 rings (SSSR count). The second kappa shape index (κ2) is 4.76. The minimum absolute atomic E-state index is 0.0441. The van der Waals surface area contributed by atoms with Crippen LogP contribution >= 0.6 is 0 Å². The molecular formula is C12H20F3NO. The van der Waals surface area contributed by atoms with Gasteiger partial charge in [0.2, 0.25) is 0 Å². The number of nitrogens with zero attached hydrogens (tertiary/aromatic N) is 1. The minimum atomic E-state index is -4.16. The standard InChI is InChI=1S/C12H20F3NO/c13-12(14,15)9-16(10-4-5-10)8-11(17)6-2-1-3-7-11/h10,17H,1-9H2. The Morgan fingerprint density at radius 2 is 1.71 bits per heavy atom. The summed E-state index contributed by atoms with van der Waals surface area (Å²) in [7, 11) is 0. The Morgan fingerprint density at radius 3 is 2.18 bits per heavy atom. The first-order chi connectivity index (χ1) is 7.88. The third kappa shape index (κ3) is 4.14. The van der Waals surface area contributed by atoms with Crippen molar-refractivity contribution in [3.8, 4) is 0 Å². The van der Waals surface area contributed by atoms with E-state index in [1.807, 2.05) is 0 Å². The average molecular weight is 251 g/mol. The molecule has 0 saturated heterocycles. The fraction of sp³-hybridized carbons (Fsp3) is 1.00. The van der Waals surface area contributed by atoms with E-state index in [0.29, 0.717) is 12.8 Å². The van der Waals surface area contributed by atoms with Gasteiger partial charge in [0.15, 0.2) is 0 Å². The van der Waals surface area contributed by atoms with E-state index in [1.54, 1.807) is 0 Å². The zero-order valence-corrected chi connectivity index (χ0v) is 9.97. The zero-order chi connectivity index (χ0) is 12.5. The molecule has 5 heteroatoms. The molecule has 100 valence electrons. The van der Waals surface area contributed by atoms with E-state index in [0.717, 1.165) is 32.1 Å². The molecular weight excluding hydrogens is 231 g/mol. The molecule has 0 aromatic rings. The van der Waals surface area contributed by atoms with Crippen LogP contribution in [-0.4, -0.2) is 40.9 Å². The van der Waals surface area contributed by atoms with Crippen molar-refractivity contribution in [2.24, 2.45) is 0 Å². The fourth-order valence-electron chi connectivity index (χ4n) is 2.73. The summed E-state index contributed by atoms with van der Waals surface area (Å²) in [6, 6.07) is 0.0441. The molecule has 2 aliphatic carbocycles. The van der Waals surface area contributed by atoms with Crippen LogP contribution in [0.4, 0.5) is 13.2 Å². The van der Waals surface area contributed by atoms with Crippen molar-refractivity contribution in [2.45, 2.75) is 62.8 Å². The summed E-state index contributed by atoms with van der Waals surface area (Å²) in [5.74, 6) is 0. The Bertz CT molecular complexity index is 257. The summed E-state index contributed by atoms with van der Waals surface area (Å²) >= 11 is 0. The Morgan fingerprint density at radius 1 is 1.12 bits per heavy atom. The van der Waals surface area contributed by atoms with Crippen LogP contribution < -0.4 is 0 Å². The minimum Gasteiger partial charge on any atom is -0.389 e. The van der Waals surface area contributed by atoms with Gasteiger partial charge in [0.05, 0.1) is 12.1 Å². The van der Waals surface area contributed by atoms with Gasteiger partial charge in [-0.1, -0.05) is 19.3 Å². The van der Waals surface area contributed by atoms with Crippen molar-refractivity contribution in [2.75, 3.05) is 13.1 Å². The third-order valence-corrected chi connectivity index (χ3v) is 3.73. The van der Waals surface area contributed by atoms with Gasteiger partial charge in [0, 0.05) is 12.6 Å². The first-order valence-electron chi connectivity index (χ1n) is 6.41. The molecule has 0 atom stereocenters. The average Bonchev–Trinajstić information content (AvgIpc) is 2.97. The maximum atomic E-state index is 12.4. The molecule has 0 heterocycles. The van der Waals surface area contributed by atoms with Crippen LogP contribution in [0.5, 0.6) is 0 Å². The quantitative estimate of drug-likeness (QED) is 0.830. The molecule has 0 unspecified atom stereocenters. The highest BCUT2D eigenvalue weighted by molar-refractivity contribution is 4.92. The number of rotatable bonds is 4. The highest BCUT2D eigenvalue weighted by Crippen LogP contribution is 2.35. The van der Waals surface area contributed by atoms with Gasteiger partial charge in [0.25, 0.3) is 0 Å². The lowest BCUT2D eigenvalue weighted by atomic mass is 9.84. The molecule has 0 aliphatic heterocycles. The number of hydrogen-bond donors (Lipinski definition) is 1. The van der Waals surface area contributed by atoms with E-state index in [-0.39, 0.29) is 12.6 Å². The monoisotopic (exact) mass is 251 g/mol. The van der Waals surface area contributed by atoms with Crippen LogP contribution in [0.3, 0.4) is 0 Å². The number of alkyl halides is 3. The third-order valence-electron chi connectivity index (χ3n) is 3.73. The van der Waals surface area contributed by atoms with Crippen molar-refractivity contribution in [3.05, 3.63) is 0 Å². The summed E-state index contributed by atoms with van der Waals surface area (Å²) < 4.78 is 37.3. The Labute approximate surface area is 99.8 Å². The zero-order valence-electron chi connectivity index (χ0n) is 9.97. The molecule has 2 fully saturated rings. The van der Waals surface area contributed by atoms with Crippen molar-refractivity contribution >= 4 is 0 Å². The first-order valence-corrected chi connectivity index (χ1v) is 6.41. The SMILES string of the molecule is OC1(CN(CC(F)(F)F)C2CC2)CCCCC1. The summed E-state index contributed by atoms with van der Waals surface area (Å²) in [5.41, 5.74) is -0.883. The van der Waals surface area contributed by atoms with Crippen LogP contribution in [0.2, 0.25) is 0 Å². The Kier molecular flexibility index (Phi) is 3.69. The predicted molar refractivity (Wildman–Crippen MR) is 58.7 cm³/mol. The maximum absolute atomic E-state index is 12.4. The van der Waals surface area contributed by atoms with Gasteiger partial charge >= 0.3 is 6.18 Å². The Hall–Kier alpha value is -0.290. The smallest absolute Gasteiger partial charge is 0.389 e. The molecule has 1 N–H and O–H groups in total. The van der Waals surface area contributed by atoms with Gasteiger partial charge in [-0.2, -0.15) is 13.2 Å². The molecule has 0 aromatic heterocycles. The van der Waals surface area contributed by atoms with Crippen molar-refractivity contribution in [1.29, 1.82) is 0 Å². The number of halogens is 3. The second-order valence-corrected chi connectivity index (χ2v) is 5.54. The molecule has 0 amide bonds. The van der Waals surface area contributed by atoms with Crippen molar-refractivity contribution in [3.63, 3.8) is 0 Å². The van der Waals surface area contributed by atoms with Crippen LogP contribution in [0.1, 0.15) is 44.9 Å². The number of aliphatic hydroxyl groups is 1. The van der Waals surface area contributed by atoms with E-state index < -0.39 is 18.3 Å². The molecule has 2 saturated carbocycles. The van der Waals surface area contributed by atoms with Crippen LogP contribution in [0.25, 0.3) is 0 Å². The Balaban J connectivity index is 1.92. The first kappa shape index (κ1) is 13.1. The van der Waals surface area contributed by atoms with Crippen LogP contribution in [-0.2, 0) is 0 Å². The highest BCUT2D eigenvalue weighted by Gasteiger charge is 2.42. The van der Waals surface area contributed by atoms with Gasteiger partial charge < -0.3 is 5.11 Å². The van der Waals surface area contributed by atoms with Crippen molar-refractivity contribution < 1.29 is 18.3 Å². The highest BCUT2D eigenvalue weighted by atomic mass is 19.4. The molecule has 2 nitrogen and oxygen atoms in total. The van der Waals surface area contributed by atoms with E-state index in [1.165, 1.54) is 4.90 Å².